The number of ketones is 1. The zero-order chi connectivity index (χ0) is 16.7. The summed E-state index contributed by atoms with van der Waals surface area (Å²) in [5.41, 5.74) is 3.10. The van der Waals surface area contributed by atoms with Gasteiger partial charge in [0.2, 0.25) is 5.91 Å². The molecule has 2 rings (SSSR count). The smallest absolute Gasteiger partial charge is 0.217 e. The summed E-state index contributed by atoms with van der Waals surface area (Å²) >= 11 is 0. The molecule has 0 saturated carbocycles. The van der Waals surface area contributed by atoms with Crippen molar-refractivity contribution in [3.8, 4) is 11.1 Å². The minimum absolute atomic E-state index is 0.338. The van der Waals surface area contributed by atoms with E-state index in [9.17, 15) is 9.59 Å². The van der Waals surface area contributed by atoms with Gasteiger partial charge in [0, 0.05) is 6.92 Å². The van der Waals surface area contributed by atoms with Crippen LogP contribution >= 0.6 is 0 Å². The monoisotopic (exact) mass is 309 g/mol. The van der Waals surface area contributed by atoms with Gasteiger partial charge in [-0.2, -0.15) is 0 Å². The van der Waals surface area contributed by atoms with E-state index in [-0.39, 0.29) is 11.7 Å². The lowest BCUT2D eigenvalue weighted by atomic mass is 10.0. The molecule has 0 aliphatic carbocycles. The van der Waals surface area contributed by atoms with E-state index in [1.54, 1.807) is 6.08 Å². The Balaban J connectivity index is 2.05. The number of amides is 1. The fourth-order valence-corrected chi connectivity index (χ4v) is 2.16. The Morgan fingerprint density at radius 2 is 1.65 bits per heavy atom. The van der Waals surface area contributed by atoms with Crippen LogP contribution < -0.4 is 5.32 Å². The Morgan fingerprint density at radius 3 is 2.22 bits per heavy atom. The number of aliphatic hydroxyl groups excluding tert-OH is 1. The van der Waals surface area contributed by atoms with Crippen molar-refractivity contribution in [1.29, 1.82) is 0 Å². The second-order valence-corrected chi connectivity index (χ2v) is 5.16. The molecule has 0 spiro atoms. The minimum Gasteiger partial charge on any atom is -0.394 e. The molecule has 2 N–H and O–H groups in total. The van der Waals surface area contributed by atoms with Gasteiger partial charge in [0.1, 0.15) is 6.04 Å². The summed E-state index contributed by atoms with van der Waals surface area (Å²) in [5, 5.41) is 11.5. The van der Waals surface area contributed by atoms with Crippen molar-refractivity contribution in [2.24, 2.45) is 0 Å². The molecule has 1 amide bonds. The van der Waals surface area contributed by atoms with Crippen LogP contribution in [-0.4, -0.2) is 29.4 Å². The molecule has 0 aromatic heterocycles. The Bertz CT molecular complexity index is 690. The van der Waals surface area contributed by atoms with E-state index in [1.807, 2.05) is 54.6 Å². The van der Waals surface area contributed by atoms with E-state index in [4.69, 9.17) is 5.11 Å². The third-order valence-corrected chi connectivity index (χ3v) is 3.36. The molecule has 1 atom stereocenters. The third kappa shape index (κ3) is 4.90. The van der Waals surface area contributed by atoms with Gasteiger partial charge in [-0.3, -0.25) is 9.59 Å². The number of nitrogens with one attached hydrogen (secondary N) is 1. The second kappa shape index (κ2) is 8.06. The SMILES string of the molecule is CC(=O)N[C@@H](CO)C(=O)/C=C/c1ccc(-c2ccccc2)cc1. The first kappa shape index (κ1) is 16.6. The summed E-state index contributed by atoms with van der Waals surface area (Å²) in [5.74, 6) is -0.687. The first-order chi connectivity index (χ1) is 11.1. The predicted octanol–water partition coefficient (Wildman–Crippen LogP) is 2.43. The van der Waals surface area contributed by atoms with Gasteiger partial charge in [-0.1, -0.05) is 60.7 Å². The molecule has 4 nitrogen and oxygen atoms in total. The van der Waals surface area contributed by atoms with Crippen LogP contribution in [0, 0.1) is 0 Å². The van der Waals surface area contributed by atoms with Crippen molar-refractivity contribution in [3.05, 3.63) is 66.2 Å². The van der Waals surface area contributed by atoms with Crippen LogP contribution in [0.2, 0.25) is 0 Å². The topological polar surface area (TPSA) is 66.4 Å². The molecule has 2 aromatic carbocycles. The lowest BCUT2D eigenvalue weighted by Crippen LogP contribution is -2.41. The normalized spacial score (nSPS) is 12.1. The highest BCUT2D eigenvalue weighted by atomic mass is 16.3. The first-order valence-electron chi connectivity index (χ1n) is 7.35. The molecule has 0 radical (unpaired) electrons. The minimum atomic E-state index is -0.896. The number of aliphatic hydroxyl groups is 1. The molecule has 118 valence electrons. The van der Waals surface area contributed by atoms with Crippen LogP contribution in [0.5, 0.6) is 0 Å². The van der Waals surface area contributed by atoms with E-state index < -0.39 is 12.6 Å². The zero-order valence-electron chi connectivity index (χ0n) is 12.9. The zero-order valence-corrected chi connectivity index (χ0v) is 12.9. The van der Waals surface area contributed by atoms with E-state index in [0.717, 1.165) is 16.7 Å². The number of rotatable bonds is 6. The van der Waals surface area contributed by atoms with E-state index in [1.165, 1.54) is 13.0 Å². The Morgan fingerprint density at radius 1 is 1.04 bits per heavy atom. The maximum atomic E-state index is 11.9. The van der Waals surface area contributed by atoms with Gasteiger partial charge in [0.05, 0.1) is 6.61 Å². The standard InChI is InChI=1S/C19H19NO3/c1-14(22)20-18(13-21)19(23)12-9-15-7-10-17(11-8-15)16-5-3-2-4-6-16/h2-12,18,21H,13H2,1H3,(H,20,22)/b12-9+/t18-/m0/s1. The molecule has 0 heterocycles. The lowest BCUT2D eigenvalue weighted by molar-refractivity contribution is -0.125. The average molecular weight is 309 g/mol. The fourth-order valence-electron chi connectivity index (χ4n) is 2.16. The summed E-state index contributed by atoms with van der Waals surface area (Å²) in [6.07, 6.45) is 3.04. The van der Waals surface area contributed by atoms with Crippen LogP contribution in [0.15, 0.2) is 60.7 Å². The van der Waals surface area contributed by atoms with Crippen LogP contribution in [0.3, 0.4) is 0 Å². The molecular formula is C19H19NO3. The largest absolute Gasteiger partial charge is 0.394 e. The van der Waals surface area contributed by atoms with Gasteiger partial charge in [0.25, 0.3) is 0 Å². The number of benzene rings is 2. The Hall–Kier alpha value is -2.72. The van der Waals surface area contributed by atoms with E-state index in [0.29, 0.717) is 0 Å². The Kier molecular flexibility index (Phi) is 5.83. The summed E-state index contributed by atoms with van der Waals surface area (Å²) < 4.78 is 0. The van der Waals surface area contributed by atoms with Crippen molar-refractivity contribution < 1.29 is 14.7 Å². The Labute approximate surface area is 135 Å². The molecule has 4 heteroatoms. The number of carbonyl (C=O) groups excluding carboxylic acids is 2. The molecule has 0 unspecified atom stereocenters. The van der Waals surface area contributed by atoms with Gasteiger partial charge in [0.15, 0.2) is 5.78 Å². The average Bonchev–Trinajstić information content (AvgIpc) is 2.58. The van der Waals surface area contributed by atoms with E-state index >= 15 is 0 Å². The number of hydrogen-bond donors (Lipinski definition) is 2. The fraction of sp³-hybridized carbons (Fsp3) is 0.158. The maximum Gasteiger partial charge on any atom is 0.217 e. The van der Waals surface area contributed by atoms with Crippen LogP contribution in [0.4, 0.5) is 0 Å². The lowest BCUT2D eigenvalue weighted by Gasteiger charge is -2.11. The summed E-state index contributed by atoms with van der Waals surface area (Å²) in [4.78, 5) is 22.9. The van der Waals surface area contributed by atoms with Crippen LogP contribution in [-0.2, 0) is 9.59 Å². The first-order valence-corrected chi connectivity index (χ1v) is 7.35. The molecule has 23 heavy (non-hydrogen) atoms. The number of hydrogen-bond acceptors (Lipinski definition) is 3. The molecule has 0 fully saturated rings. The van der Waals surface area contributed by atoms with Crippen molar-refractivity contribution in [3.63, 3.8) is 0 Å². The highest BCUT2D eigenvalue weighted by Gasteiger charge is 2.15. The highest BCUT2D eigenvalue weighted by molar-refractivity contribution is 5.99. The van der Waals surface area contributed by atoms with Crippen molar-refractivity contribution >= 4 is 17.8 Å². The van der Waals surface area contributed by atoms with Crippen LogP contribution in [0.1, 0.15) is 12.5 Å². The van der Waals surface area contributed by atoms with Crippen molar-refractivity contribution in [2.75, 3.05) is 6.61 Å². The summed E-state index contributed by atoms with van der Waals surface area (Å²) in [6, 6.07) is 16.9. The van der Waals surface area contributed by atoms with Gasteiger partial charge in [-0.05, 0) is 22.8 Å². The summed E-state index contributed by atoms with van der Waals surface area (Å²) in [6.45, 7) is 0.887. The number of carbonyl (C=O) groups is 2. The molecule has 0 bridgehead atoms. The molecular weight excluding hydrogens is 290 g/mol. The second-order valence-electron chi connectivity index (χ2n) is 5.16. The predicted molar refractivity (Wildman–Crippen MR) is 90.6 cm³/mol. The van der Waals surface area contributed by atoms with Gasteiger partial charge < -0.3 is 10.4 Å². The molecule has 0 aliphatic heterocycles. The highest BCUT2D eigenvalue weighted by Crippen LogP contribution is 2.19. The molecule has 0 saturated heterocycles. The van der Waals surface area contributed by atoms with Crippen molar-refractivity contribution in [1.82, 2.24) is 5.32 Å². The summed E-state index contributed by atoms with van der Waals surface area (Å²) in [7, 11) is 0. The van der Waals surface area contributed by atoms with E-state index in [2.05, 4.69) is 5.32 Å². The van der Waals surface area contributed by atoms with Crippen molar-refractivity contribution in [2.45, 2.75) is 13.0 Å². The maximum absolute atomic E-state index is 11.9. The quantitative estimate of drug-likeness (QED) is 0.805. The molecule has 2 aromatic rings. The van der Waals surface area contributed by atoms with Gasteiger partial charge in [-0.25, -0.2) is 0 Å². The van der Waals surface area contributed by atoms with Crippen LogP contribution in [0.25, 0.3) is 17.2 Å². The van der Waals surface area contributed by atoms with Gasteiger partial charge >= 0.3 is 0 Å². The third-order valence-electron chi connectivity index (χ3n) is 3.36. The van der Waals surface area contributed by atoms with Gasteiger partial charge in [-0.15, -0.1) is 0 Å². The molecule has 0 aliphatic rings.